The number of carbonyl (C=O) groups excluding carboxylic acids is 2. The van der Waals surface area contributed by atoms with Crippen molar-refractivity contribution in [2.24, 2.45) is 5.92 Å². The van der Waals surface area contributed by atoms with E-state index in [0.29, 0.717) is 30.1 Å². The van der Waals surface area contributed by atoms with Gasteiger partial charge in [-0.1, -0.05) is 39.5 Å². The summed E-state index contributed by atoms with van der Waals surface area (Å²) in [5.74, 6) is 0.695. The van der Waals surface area contributed by atoms with Gasteiger partial charge < -0.3 is 20.4 Å². The van der Waals surface area contributed by atoms with Crippen molar-refractivity contribution in [3.63, 3.8) is 0 Å². The Kier molecular flexibility index (Phi) is 9.19. The van der Waals surface area contributed by atoms with Gasteiger partial charge in [-0.15, -0.1) is 0 Å². The zero-order chi connectivity index (χ0) is 22.1. The van der Waals surface area contributed by atoms with E-state index in [1.807, 2.05) is 18.2 Å². The largest absolute Gasteiger partial charge is 0.371 e. The van der Waals surface area contributed by atoms with Crippen LogP contribution in [0, 0.1) is 5.92 Å². The van der Waals surface area contributed by atoms with Gasteiger partial charge in [0, 0.05) is 44.0 Å². The number of amides is 2. The molecule has 0 aromatic heterocycles. The van der Waals surface area contributed by atoms with Crippen LogP contribution in [0.2, 0.25) is 0 Å². The Bertz CT molecular complexity index is 720. The van der Waals surface area contributed by atoms with Crippen LogP contribution in [0.4, 0.5) is 11.4 Å². The van der Waals surface area contributed by atoms with Crippen LogP contribution in [0.3, 0.4) is 0 Å². The topological polar surface area (TPSA) is 64.7 Å². The molecule has 0 bridgehead atoms. The first kappa shape index (κ1) is 23.6. The summed E-state index contributed by atoms with van der Waals surface area (Å²) in [7, 11) is 0. The minimum atomic E-state index is -0.0592. The van der Waals surface area contributed by atoms with Crippen molar-refractivity contribution in [1.82, 2.24) is 10.2 Å². The molecule has 1 saturated heterocycles. The average Bonchev–Trinajstić information content (AvgIpc) is 3.49. The second-order valence-corrected chi connectivity index (χ2v) is 8.95. The van der Waals surface area contributed by atoms with Crippen LogP contribution in [0.5, 0.6) is 0 Å². The summed E-state index contributed by atoms with van der Waals surface area (Å²) in [6.07, 6.45) is 8.96. The van der Waals surface area contributed by atoms with Crippen molar-refractivity contribution in [3.05, 3.63) is 23.8 Å². The summed E-state index contributed by atoms with van der Waals surface area (Å²) in [5.41, 5.74) is 2.35. The highest BCUT2D eigenvalue weighted by molar-refractivity contribution is 6.02. The third kappa shape index (κ3) is 6.96. The Morgan fingerprint density at radius 2 is 1.77 bits per heavy atom. The van der Waals surface area contributed by atoms with Crippen LogP contribution in [0.15, 0.2) is 18.2 Å². The molecule has 0 spiro atoms. The lowest BCUT2D eigenvalue weighted by molar-refractivity contribution is -0.116. The molecule has 1 aliphatic carbocycles. The SMILES string of the molecule is CCN(CC)CCNC(=O)c1cc(NC(=O)CCC2CCCC2)ccc1N1CCCC1. The Balaban J connectivity index is 1.64. The monoisotopic (exact) mass is 428 g/mol. The van der Waals surface area contributed by atoms with Gasteiger partial charge in [0.1, 0.15) is 0 Å². The van der Waals surface area contributed by atoms with Crippen molar-refractivity contribution >= 4 is 23.2 Å². The summed E-state index contributed by atoms with van der Waals surface area (Å²) in [6, 6.07) is 5.79. The van der Waals surface area contributed by atoms with Crippen LogP contribution in [0.1, 0.15) is 75.6 Å². The third-order valence-corrected chi connectivity index (χ3v) is 6.83. The van der Waals surface area contributed by atoms with Crippen molar-refractivity contribution in [2.75, 3.05) is 49.5 Å². The van der Waals surface area contributed by atoms with Gasteiger partial charge >= 0.3 is 0 Å². The fraction of sp³-hybridized carbons (Fsp3) is 0.680. The van der Waals surface area contributed by atoms with Crippen LogP contribution in [0.25, 0.3) is 0 Å². The lowest BCUT2D eigenvalue weighted by Crippen LogP contribution is -2.35. The van der Waals surface area contributed by atoms with Crippen LogP contribution in [-0.4, -0.2) is 56.0 Å². The number of rotatable bonds is 11. The first-order valence-corrected chi connectivity index (χ1v) is 12.3. The maximum atomic E-state index is 13.0. The first-order valence-electron chi connectivity index (χ1n) is 12.3. The van der Waals surface area contributed by atoms with E-state index in [2.05, 4.69) is 34.3 Å². The molecule has 2 N–H and O–H groups in total. The summed E-state index contributed by atoms with van der Waals surface area (Å²) >= 11 is 0. The Morgan fingerprint density at radius 1 is 1.06 bits per heavy atom. The van der Waals surface area contributed by atoms with Crippen molar-refractivity contribution < 1.29 is 9.59 Å². The second-order valence-electron chi connectivity index (χ2n) is 8.95. The van der Waals surface area contributed by atoms with E-state index in [-0.39, 0.29) is 11.8 Å². The maximum absolute atomic E-state index is 13.0. The van der Waals surface area contributed by atoms with Gasteiger partial charge in [-0.2, -0.15) is 0 Å². The first-order chi connectivity index (χ1) is 15.1. The molecule has 1 aliphatic heterocycles. The molecule has 1 heterocycles. The second kappa shape index (κ2) is 12.1. The zero-order valence-electron chi connectivity index (χ0n) is 19.4. The van der Waals surface area contributed by atoms with Crippen molar-refractivity contribution in [1.29, 1.82) is 0 Å². The van der Waals surface area contributed by atoms with E-state index < -0.39 is 0 Å². The third-order valence-electron chi connectivity index (χ3n) is 6.83. The molecule has 2 fully saturated rings. The Morgan fingerprint density at radius 3 is 2.45 bits per heavy atom. The normalized spacial score (nSPS) is 16.8. The lowest BCUT2D eigenvalue weighted by atomic mass is 10.0. The van der Waals surface area contributed by atoms with Gasteiger partial charge in [0.25, 0.3) is 5.91 Å². The Labute approximate surface area is 187 Å². The van der Waals surface area contributed by atoms with E-state index in [9.17, 15) is 9.59 Å². The molecule has 6 nitrogen and oxygen atoms in total. The molecule has 0 unspecified atom stereocenters. The molecule has 1 saturated carbocycles. The molecule has 3 rings (SSSR count). The molecular formula is C25H40N4O2. The number of benzene rings is 1. The van der Waals surface area contributed by atoms with Gasteiger partial charge in [0.05, 0.1) is 5.56 Å². The highest BCUT2D eigenvalue weighted by atomic mass is 16.2. The molecule has 2 amide bonds. The fourth-order valence-electron chi connectivity index (χ4n) is 4.85. The quantitative estimate of drug-likeness (QED) is 0.553. The van der Waals surface area contributed by atoms with Gasteiger partial charge in [0.15, 0.2) is 0 Å². The number of nitrogens with one attached hydrogen (secondary N) is 2. The molecular weight excluding hydrogens is 388 g/mol. The highest BCUT2D eigenvalue weighted by Gasteiger charge is 2.21. The number of hydrogen-bond donors (Lipinski definition) is 2. The van der Waals surface area contributed by atoms with Crippen LogP contribution < -0.4 is 15.5 Å². The summed E-state index contributed by atoms with van der Waals surface area (Å²) in [5, 5.41) is 6.11. The maximum Gasteiger partial charge on any atom is 0.253 e. The summed E-state index contributed by atoms with van der Waals surface area (Å²) < 4.78 is 0. The van der Waals surface area contributed by atoms with E-state index in [4.69, 9.17) is 0 Å². The minimum Gasteiger partial charge on any atom is -0.371 e. The van der Waals surface area contributed by atoms with Crippen molar-refractivity contribution in [2.45, 2.75) is 65.2 Å². The molecule has 6 heteroatoms. The number of hydrogen-bond acceptors (Lipinski definition) is 4. The molecule has 2 aliphatic rings. The predicted molar refractivity (Wildman–Crippen MR) is 128 cm³/mol. The standard InChI is InChI=1S/C25H40N4O2/c1-3-28(4-2)18-15-26-25(31)22-19-21(12-13-23(22)29-16-7-8-17-29)27-24(30)14-11-20-9-5-6-10-20/h12-13,19-20H,3-11,14-18H2,1-2H3,(H,26,31)(H,27,30). The van der Waals surface area contributed by atoms with E-state index >= 15 is 0 Å². The molecule has 0 radical (unpaired) electrons. The zero-order valence-corrected chi connectivity index (χ0v) is 19.4. The predicted octanol–water partition coefficient (Wildman–Crippen LogP) is 4.27. The summed E-state index contributed by atoms with van der Waals surface area (Å²) in [6.45, 7) is 9.65. The molecule has 31 heavy (non-hydrogen) atoms. The minimum absolute atomic E-state index is 0.0497. The van der Waals surface area contributed by atoms with E-state index in [1.165, 1.54) is 25.7 Å². The Hall–Kier alpha value is -2.08. The lowest BCUT2D eigenvalue weighted by Gasteiger charge is -2.23. The van der Waals surface area contributed by atoms with Crippen LogP contribution >= 0.6 is 0 Å². The summed E-state index contributed by atoms with van der Waals surface area (Å²) in [4.78, 5) is 30.1. The van der Waals surface area contributed by atoms with E-state index in [1.54, 1.807) is 0 Å². The van der Waals surface area contributed by atoms with Crippen LogP contribution in [-0.2, 0) is 4.79 Å². The van der Waals surface area contributed by atoms with Gasteiger partial charge in [-0.25, -0.2) is 0 Å². The number of anilines is 2. The van der Waals surface area contributed by atoms with Gasteiger partial charge in [-0.3, -0.25) is 9.59 Å². The smallest absolute Gasteiger partial charge is 0.253 e. The highest BCUT2D eigenvalue weighted by Crippen LogP contribution is 2.30. The fourth-order valence-corrected chi connectivity index (χ4v) is 4.85. The van der Waals surface area contributed by atoms with Gasteiger partial charge in [-0.05, 0) is 56.5 Å². The number of carbonyl (C=O) groups is 2. The van der Waals surface area contributed by atoms with Gasteiger partial charge in [0.2, 0.25) is 5.91 Å². The average molecular weight is 429 g/mol. The number of nitrogens with zero attached hydrogens (tertiary/aromatic N) is 2. The molecule has 1 aromatic rings. The molecule has 172 valence electrons. The van der Waals surface area contributed by atoms with Crippen molar-refractivity contribution in [3.8, 4) is 0 Å². The molecule has 0 atom stereocenters. The number of likely N-dealkylation sites (N-methyl/N-ethyl adjacent to an activating group) is 1. The molecule has 1 aromatic carbocycles. The van der Waals surface area contributed by atoms with E-state index in [0.717, 1.165) is 57.7 Å².